The van der Waals surface area contributed by atoms with Gasteiger partial charge in [-0.05, 0) is 31.5 Å². The number of anilines is 2. The highest BCUT2D eigenvalue weighted by Crippen LogP contribution is 2.36. The van der Waals surface area contributed by atoms with Gasteiger partial charge in [-0.1, -0.05) is 24.3 Å². The minimum atomic E-state index is -0.368. The fourth-order valence-corrected chi connectivity index (χ4v) is 2.81. The summed E-state index contributed by atoms with van der Waals surface area (Å²) < 4.78 is 5.44. The highest BCUT2D eigenvalue weighted by atomic mass is 16.5. The summed E-state index contributed by atoms with van der Waals surface area (Å²) in [5.74, 6) is 0.821. The molecular weight excluding hydrogens is 264 g/mol. The van der Waals surface area contributed by atoms with Crippen LogP contribution in [-0.2, 0) is 4.79 Å². The maximum absolute atomic E-state index is 12.2. The number of carbonyl (C=O) groups excluding carboxylic acids is 1. The van der Waals surface area contributed by atoms with E-state index in [0.717, 1.165) is 33.8 Å². The number of hydrogen-bond donors (Lipinski definition) is 2. The van der Waals surface area contributed by atoms with Gasteiger partial charge in [0.1, 0.15) is 11.8 Å². The van der Waals surface area contributed by atoms with Gasteiger partial charge < -0.3 is 15.4 Å². The van der Waals surface area contributed by atoms with E-state index in [4.69, 9.17) is 4.74 Å². The fourth-order valence-electron chi connectivity index (χ4n) is 2.81. The van der Waals surface area contributed by atoms with Crippen molar-refractivity contribution in [1.82, 2.24) is 0 Å². The van der Waals surface area contributed by atoms with Crippen molar-refractivity contribution in [2.75, 3.05) is 17.7 Å². The lowest BCUT2D eigenvalue weighted by molar-refractivity contribution is -0.116. The van der Waals surface area contributed by atoms with Crippen molar-refractivity contribution in [2.45, 2.75) is 19.9 Å². The standard InChI is InChI=1S/C17H18N2O2/c1-10-8-9-13(11(2)16(10)21-3)18-15-12-6-4-5-7-14(12)19-17(15)20/h4-9,15,18H,1-3H3,(H,19,20). The van der Waals surface area contributed by atoms with Crippen LogP contribution in [0.3, 0.4) is 0 Å². The SMILES string of the molecule is COc1c(C)ccc(NC2C(=O)Nc3ccccc32)c1C. The number of methoxy groups -OCH3 is 1. The first kappa shape index (κ1) is 13.5. The van der Waals surface area contributed by atoms with E-state index >= 15 is 0 Å². The van der Waals surface area contributed by atoms with E-state index in [1.54, 1.807) is 7.11 Å². The van der Waals surface area contributed by atoms with Gasteiger partial charge in [-0.3, -0.25) is 4.79 Å². The van der Waals surface area contributed by atoms with Gasteiger partial charge in [0, 0.05) is 22.5 Å². The minimum Gasteiger partial charge on any atom is -0.496 e. The molecule has 2 aromatic rings. The first-order chi connectivity index (χ1) is 10.1. The average Bonchev–Trinajstić information content (AvgIpc) is 2.78. The molecule has 1 aliphatic rings. The average molecular weight is 282 g/mol. The summed E-state index contributed by atoms with van der Waals surface area (Å²) in [7, 11) is 1.66. The topological polar surface area (TPSA) is 50.4 Å². The van der Waals surface area contributed by atoms with E-state index in [0.29, 0.717) is 0 Å². The quantitative estimate of drug-likeness (QED) is 0.907. The molecule has 2 N–H and O–H groups in total. The van der Waals surface area contributed by atoms with Crippen LogP contribution in [0.15, 0.2) is 36.4 Å². The second kappa shape index (κ2) is 5.13. The van der Waals surface area contributed by atoms with Crippen LogP contribution in [0.1, 0.15) is 22.7 Å². The maximum atomic E-state index is 12.2. The van der Waals surface area contributed by atoms with Crippen molar-refractivity contribution in [1.29, 1.82) is 0 Å². The Morgan fingerprint density at radius 3 is 2.67 bits per heavy atom. The Kier molecular flexibility index (Phi) is 3.29. The second-order valence-corrected chi connectivity index (χ2v) is 5.24. The lowest BCUT2D eigenvalue weighted by atomic mass is 10.0. The molecule has 0 aliphatic carbocycles. The molecule has 1 amide bonds. The third kappa shape index (κ3) is 2.23. The van der Waals surface area contributed by atoms with Crippen LogP contribution in [0.2, 0.25) is 0 Å². The van der Waals surface area contributed by atoms with Gasteiger partial charge in [0.25, 0.3) is 5.91 Å². The van der Waals surface area contributed by atoms with Gasteiger partial charge >= 0.3 is 0 Å². The van der Waals surface area contributed by atoms with E-state index in [2.05, 4.69) is 10.6 Å². The highest BCUT2D eigenvalue weighted by molar-refractivity contribution is 6.04. The number of fused-ring (bicyclic) bond motifs is 1. The molecule has 0 bridgehead atoms. The molecule has 0 saturated carbocycles. The molecule has 1 aliphatic heterocycles. The molecule has 0 radical (unpaired) electrons. The number of ether oxygens (including phenoxy) is 1. The van der Waals surface area contributed by atoms with Crippen LogP contribution in [0, 0.1) is 13.8 Å². The molecule has 21 heavy (non-hydrogen) atoms. The number of amides is 1. The Balaban J connectivity index is 1.96. The normalized spacial score (nSPS) is 16.3. The predicted molar refractivity (Wildman–Crippen MR) is 83.9 cm³/mol. The number of nitrogens with one attached hydrogen (secondary N) is 2. The smallest absolute Gasteiger partial charge is 0.251 e. The zero-order chi connectivity index (χ0) is 15.0. The van der Waals surface area contributed by atoms with Crippen LogP contribution in [0.25, 0.3) is 0 Å². The summed E-state index contributed by atoms with van der Waals surface area (Å²) in [6.07, 6.45) is 0. The van der Waals surface area contributed by atoms with Gasteiger partial charge in [-0.15, -0.1) is 0 Å². The molecule has 2 aromatic carbocycles. The number of hydrogen-bond acceptors (Lipinski definition) is 3. The Labute approximate surface area is 124 Å². The van der Waals surface area contributed by atoms with Crippen molar-refractivity contribution in [2.24, 2.45) is 0 Å². The molecule has 0 spiro atoms. The summed E-state index contributed by atoms with van der Waals surface area (Å²) >= 11 is 0. The maximum Gasteiger partial charge on any atom is 0.251 e. The third-order valence-corrected chi connectivity index (χ3v) is 3.90. The summed E-state index contributed by atoms with van der Waals surface area (Å²) in [6, 6.07) is 11.3. The molecule has 0 fully saturated rings. The van der Waals surface area contributed by atoms with Crippen LogP contribution in [-0.4, -0.2) is 13.0 Å². The lowest BCUT2D eigenvalue weighted by Gasteiger charge is -2.18. The first-order valence-electron chi connectivity index (χ1n) is 6.92. The highest BCUT2D eigenvalue weighted by Gasteiger charge is 2.30. The van der Waals surface area contributed by atoms with E-state index in [-0.39, 0.29) is 11.9 Å². The molecule has 1 atom stereocenters. The fraction of sp³-hybridized carbons (Fsp3) is 0.235. The molecule has 3 rings (SSSR count). The largest absolute Gasteiger partial charge is 0.496 e. The van der Waals surface area contributed by atoms with Crippen LogP contribution < -0.4 is 15.4 Å². The molecule has 1 heterocycles. The van der Waals surface area contributed by atoms with Gasteiger partial charge in [-0.2, -0.15) is 0 Å². The predicted octanol–water partition coefficient (Wildman–Crippen LogP) is 3.42. The zero-order valence-corrected chi connectivity index (χ0v) is 12.4. The summed E-state index contributed by atoms with van der Waals surface area (Å²) in [5.41, 5.74) is 4.85. The van der Waals surface area contributed by atoms with E-state index in [1.165, 1.54) is 0 Å². The number of aryl methyl sites for hydroxylation is 1. The van der Waals surface area contributed by atoms with Crippen molar-refractivity contribution in [3.05, 3.63) is 53.1 Å². The Hall–Kier alpha value is -2.49. The van der Waals surface area contributed by atoms with Crippen LogP contribution >= 0.6 is 0 Å². The van der Waals surface area contributed by atoms with Gasteiger partial charge in [0.05, 0.1) is 7.11 Å². The minimum absolute atomic E-state index is 0.0323. The Morgan fingerprint density at radius 1 is 1.14 bits per heavy atom. The van der Waals surface area contributed by atoms with Crippen LogP contribution in [0.5, 0.6) is 5.75 Å². The van der Waals surface area contributed by atoms with E-state index in [1.807, 2.05) is 50.2 Å². The number of benzene rings is 2. The second-order valence-electron chi connectivity index (χ2n) is 5.24. The Bertz CT molecular complexity index is 710. The molecule has 4 nitrogen and oxygen atoms in total. The molecule has 1 unspecified atom stereocenters. The zero-order valence-electron chi connectivity index (χ0n) is 12.4. The third-order valence-electron chi connectivity index (χ3n) is 3.90. The van der Waals surface area contributed by atoms with E-state index < -0.39 is 0 Å². The van der Waals surface area contributed by atoms with Crippen molar-refractivity contribution >= 4 is 17.3 Å². The number of rotatable bonds is 3. The van der Waals surface area contributed by atoms with Crippen molar-refractivity contribution in [3.63, 3.8) is 0 Å². The molecule has 108 valence electrons. The van der Waals surface area contributed by atoms with Gasteiger partial charge in [0.15, 0.2) is 0 Å². The number of carbonyl (C=O) groups is 1. The monoisotopic (exact) mass is 282 g/mol. The number of para-hydroxylation sites is 1. The summed E-state index contributed by atoms with van der Waals surface area (Å²) in [6.45, 7) is 4.00. The van der Waals surface area contributed by atoms with Gasteiger partial charge in [-0.25, -0.2) is 0 Å². The lowest BCUT2D eigenvalue weighted by Crippen LogP contribution is -2.20. The molecule has 0 saturated heterocycles. The van der Waals surface area contributed by atoms with Gasteiger partial charge in [0.2, 0.25) is 0 Å². The Morgan fingerprint density at radius 2 is 1.90 bits per heavy atom. The molecular formula is C17H18N2O2. The van der Waals surface area contributed by atoms with Crippen LogP contribution in [0.4, 0.5) is 11.4 Å². The van der Waals surface area contributed by atoms with E-state index in [9.17, 15) is 4.79 Å². The van der Waals surface area contributed by atoms with Crippen molar-refractivity contribution in [3.8, 4) is 5.75 Å². The molecule has 0 aromatic heterocycles. The first-order valence-corrected chi connectivity index (χ1v) is 6.92. The summed E-state index contributed by atoms with van der Waals surface area (Å²) in [5, 5.41) is 6.22. The van der Waals surface area contributed by atoms with Crippen molar-refractivity contribution < 1.29 is 9.53 Å². The summed E-state index contributed by atoms with van der Waals surface area (Å²) in [4.78, 5) is 12.2. The molecule has 4 heteroatoms.